The fourth-order valence-electron chi connectivity index (χ4n) is 2.40. The van der Waals surface area contributed by atoms with Gasteiger partial charge >= 0.3 is 0 Å². The standard InChI is InChI=1S/C15H18BrN7/c1-9-19-13(17)12-14(20-9)23(15(16)21-12)7-10-4-5-11(18-6-10)8-22(2)3/h4-6H,7-8H2,1-3H3,(H2,17,19,20). The third-order valence-electron chi connectivity index (χ3n) is 3.39. The molecule has 2 N–H and O–H groups in total. The molecule has 0 saturated carbocycles. The van der Waals surface area contributed by atoms with E-state index in [9.17, 15) is 0 Å². The Labute approximate surface area is 142 Å². The monoisotopic (exact) mass is 375 g/mol. The minimum absolute atomic E-state index is 0.395. The number of anilines is 1. The molecule has 0 aliphatic heterocycles. The molecule has 0 amide bonds. The average Bonchev–Trinajstić information content (AvgIpc) is 2.78. The fourth-order valence-corrected chi connectivity index (χ4v) is 2.87. The van der Waals surface area contributed by atoms with E-state index < -0.39 is 0 Å². The number of nitrogens with two attached hydrogens (primary N) is 1. The first-order valence-corrected chi connectivity index (χ1v) is 7.97. The first kappa shape index (κ1) is 15.8. The zero-order valence-corrected chi connectivity index (χ0v) is 14.9. The number of imidazole rings is 1. The van der Waals surface area contributed by atoms with Gasteiger partial charge in [-0.25, -0.2) is 15.0 Å². The molecule has 0 aliphatic rings. The van der Waals surface area contributed by atoms with Crippen molar-refractivity contribution >= 4 is 32.9 Å². The van der Waals surface area contributed by atoms with E-state index in [1.54, 1.807) is 0 Å². The highest BCUT2D eigenvalue weighted by atomic mass is 79.9. The van der Waals surface area contributed by atoms with Crippen LogP contribution >= 0.6 is 15.9 Å². The van der Waals surface area contributed by atoms with Gasteiger partial charge in [0.25, 0.3) is 0 Å². The summed E-state index contributed by atoms with van der Waals surface area (Å²) in [5, 5.41) is 0. The molecule has 3 heterocycles. The highest BCUT2D eigenvalue weighted by molar-refractivity contribution is 9.10. The number of hydrogen-bond donors (Lipinski definition) is 1. The molecular weight excluding hydrogens is 358 g/mol. The topological polar surface area (TPSA) is 85.8 Å². The van der Waals surface area contributed by atoms with Gasteiger partial charge in [-0.3, -0.25) is 9.55 Å². The molecule has 0 atom stereocenters. The van der Waals surface area contributed by atoms with Crippen LogP contribution in [0.15, 0.2) is 23.1 Å². The fraction of sp³-hybridized carbons (Fsp3) is 0.333. The zero-order valence-electron chi connectivity index (χ0n) is 13.3. The van der Waals surface area contributed by atoms with Crippen molar-refractivity contribution < 1.29 is 0 Å². The van der Waals surface area contributed by atoms with Crippen molar-refractivity contribution in [2.75, 3.05) is 19.8 Å². The van der Waals surface area contributed by atoms with Crippen LogP contribution in [0.4, 0.5) is 5.82 Å². The molecule has 0 fully saturated rings. The molecule has 3 rings (SSSR count). The van der Waals surface area contributed by atoms with Crippen LogP contribution in [0.25, 0.3) is 11.2 Å². The normalized spacial score (nSPS) is 11.5. The lowest BCUT2D eigenvalue weighted by atomic mass is 10.2. The summed E-state index contributed by atoms with van der Waals surface area (Å²) in [4.78, 5) is 19.6. The highest BCUT2D eigenvalue weighted by Gasteiger charge is 2.14. The molecule has 0 unspecified atom stereocenters. The van der Waals surface area contributed by atoms with E-state index >= 15 is 0 Å². The Morgan fingerprint density at radius 1 is 1.22 bits per heavy atom. The first-order chi connectivity index (χ1) is 10.9. The second kappa shape index (κ2) is 6.21. The predicted molar refractivity (Wildman–Crippen MR) is 92.9 cm³/mol. The molecule has 3 aromatic heterocycles. The molecule has 3 aromatic rings. The maximum atomic E-state index is 5.93. The molecule has 0 aromatic carbocycles. The molecule has 8 heteroatoms. The maximum absolute atomic E-state index is 5.93. The van der Waals surface area contributed by atoms with Gasteiger partial charge in [0.15, 0.2) is 21.7 Å². The summed E-state index contributed by atoms with van der Waals surface area (Å²) >= 11 is 3.47. The number of nitrogen functional groups attached to an aromatic ring is 1. The van der Waals surface area contributed by atoms with Crippen molar-refractivity contribution in [3.63, 3.8) is 0 Å². The van der Waals surface area contributed by atoms with Crippen LogP contribution in [0.2, 0.25) is 0 Å². The van der Waals surface area contributed by atoms with Gasteiger partial charge in [0.2, 0.25) is 0 Å². The van der Waals surface area contributed by atoms with Crippen molar-refractivity contribution in [1.29, 1.82) is 0 Å². The van der Waals surface area contributed by atoms with Crippen molar-refractivity contribution in [2.45, 2.75) is 20.0 Å². The molecule has 0 radical (unpaired) electrons. The van der Waals surface area contributed by atoms with Gasteiger partial charge < -0.3 is 10.6 Å². The summed E-state index contributed by atoms with van der Waals surface area (Å²) in [5.41, 5.74) is 9.38. The summed E-state index contributed by atoms with van der Waals surface area (Å²) in [7, 11) is 4.05. The van der Waals surface area contributed by atoms with Crippen molar-refractivity contribution in [2.24, 2.45) is 0 Å². The zero-order chi connectivity index (χ0) is 16.6. The molecule has 23 heavy (non-hydrogen) atoms. The number of aryl methyl sites for hydroxylation is 1. The Bertz CT molecular complexity index is 839. The number of nitrogens with zero attached hydrogens (tertiary/aromatic N) is 6. The Balaban J connectivity index is 1.93. The van der Waals surface area contributed by atoms with Crippen LogP contribution in [0.1, 0.15) is 17.1 Å². The molecule has 0 bridgehead atoms. The maximum Gasteiger partial charge on any atom is 0.179 e. The van der Waals surface area contributed by atoms with Crippen molar-refractivity contribution in [3.05, 3.63) is 40.1 Å². The minimum Gasteiger partial charge on any atom is -0.382 e. The van der Waals surface area contributed by atoms with Crippen molar-refractivity contribution in [1.82, 2.24) is 29.4 Å². The van der Waals surface area contributed by atoms with E-state index in [2.05, 4.69) is 46.8 Å². The average molecular weight is 376 g/mol. The van der Waals surface area contributed by atoms with Crippen molar-refractivity contribution in [3.8, 4) is 0 Å². The largest absolute Gasteiger partial charge is 0.382 e. The first-order valence-electron chi connectivity index (χ1n) is 7.18. The Kier molecular flexibility index (Phi) is 4.27. The summed E-state index contributed by atoms with van der Waals surface area (Å²) in [6.45, 7) is 3.25. The van der Waals surface area contributed by atoms with Crippen LogP contribution in [0, 0.1) is 6.92 Å². The molecule has 0 saturated heterocycles. The number of aromatic nitrogens is 5. The van der Waals surface area contributed by atoms with Gasteiger partial charge in [0.1, 0.15) is 5.82 Å². The lowest BCUT2D eigenvalue weighted by molar-refractivity contribution is 0.397. The number of hydrogen-bond acceptors (Lipinski definition) is 6. The van der Waals surface area contributed by atoms with Crippen LogP contribution in [0.5, 0.6) is 0 Å². The predicted octanol–water partition coefficient (Wildman–Crippen LogP) is 1.98. The summed E-state index contributed by atoms with van der Waals surface area (Å²) in [5.74, 6) is 1.02. The SMILES string of the molecule is Cc1nc(N)c2nc(Br)n(Cc3ccc(CN(C)C)nc3)c2n1. The van der Waals surface area contributed by atoms with E-state index in [4.69, 9.17) is 5.73 Å². The smallest absolute Gasteiger partial charge is 0.179 e. The summed E-state index contributed by atoms with van der Waals surface area (Å²) in [6, 6.07) is 4.11. The summed E-state index contributed by atoms with van der Waals surface area (Å²) in [6.07, 6.45) is 1.88. The third-order valence-corrected chi connectivity index (χ3v) is 4.00. The van der Waals surface area contributed by atoms with E-state index in [1.807, 2.05) is 37.8 Å². The number of fused-ring (bicyclic) bond motifs is 1. The van der Waals surface area contributed by atoms with Gasteiger partial charge in [0, 0.05) is 12.7 Å². The van der Waals surface area contributed by atoms with Crippen LogP contribution in [-0.2, 0) is 13.1 Å². The molecular formula is C15H18BrN7. The lowest BCUT2D eigenvalue weighted by Crippen LogP contribution is -2.12. The Morgan fingerprint density at radius 2 is 2.00 bits per heavy atom. The molecule has 0 spiro atoms. The van der Waals surface area contributed by atoms with Gasteiger partial charge in [-0.2, -0.15) is 0 Å². The lowest BCUT2D eigenvalue weighted by Gasteiger charge is -2.10. The van der Waals surface area contributed by atoms with Gasteiger partial charge in [-0.15, -0.1) is 0 Å². The number of pyridine rings is 1. The quantitative estimate of drug-likeness (QED) is 0.701. The van der Waals surface area contributed by atoms with E-state index in [1.165, 1.54) is 0 Å². The van der Waals surface area contributed by atoms with E-state index in [0.29, 0.717) is 28.4 Å². The van der Waals surface area contributed by atoms with Crippen LogP contribution in [-0.4, -0.2) is 43.5 Å². The van der Waals surface area contributed by atoms with Gasteiger partial charge in [-0.05, 0) is 48.6 Å². The van der Waals surface area contributed by atoms with Gasteiger partial charge in [-0.1, -0.05) is 6.07 Å². The molecule has 120 valence electrons. The molecule has 0 aliphatic carbocycles. The Hall–Kier alpha value is -2.06. The second-order valence-corrected chi connectivity index (χ2v) is 6.40. The van der Waals surface area contributed by atoms with Gasteiger partial charge in [0.05, 0.1) is 12.2 Å². The van der Waals surface area contributed by atoms with E-state index in [-0.39, 0.29) is 0 Å². The minimum atomic E-state index is 0.395. The highest BCUT2D eigenvalue weighted by Crippen LogP contribution is 2.23. The Morgan fingerprint density at radius 3 is 2.65 bits per heavy atom. The van der Waals surface area contributed by atoms with Crippen LogP contribution < -0.4 is 5.73 Å². The number of rotatable bonds is 4. The summed E-state index contributed by atoms with van der Waals surface area (Å²) < 4.78 is 2.64. The second-order valence-electron chi connectivity index (χ2n) is 5.69. The number of halogens is 1. The van der Waals surface area contributed by atoms with Crippen LogP contribution in [0.3, 0.4) is 0 Å². The molecule has 7 nitrogen and oxygen atoms in total. The third kappa shape index (κ3) is 3.32. The van der Waals surface area contributed by atoms with E-state index in [0.717, 1.165) is 23.4 Å².